The maximum Gasteiger partial charge on any atom is 0.342 e. The van der Waals surface area contributed by atoms with Gasteiger partial charge in [0.1, 0.15) is 12.2 Å². The number of carbonyl (C=O) groups excluding carboxylic acids is 1. The van der Waals surface area contributed by atoms with Gasteiger partial charge in [-0.25, -0.2) is 4.79 Å². The van der Waals surface area contributed by atoms with Gasteiger partial charge in [-0.15, -0.1) is 0 Å². The highest BCUT2D eigenvalue weighted by Gasteiger charge is 2.18. The van der Waals surface area contributed by atoms with Crippen molar-refractivity contribution in [2.45, 2.75) is 33.6 Å². The highest BCUT2D eigenvalue weighted by Crippen LogP contribution is 2.31. The summed E-state index contributed by atoms with van der Waals surface area (Å²) in [6, 6.07) is 5.27. The molecule has 0 aliphatic carbocycles. The molecule has 0 aliphatic heterocycles. The summed E-state index contributed by atoms with van der Waals surface area (Å²) in [6.45, 7) is 9.81. The van der Waals surface area contributed by atoms with Crippen molar-refractivity contribution in [3.8, 4) is 11.5 Å². The molecule has 0 spiro atoms. The van der Waals surface area contributed by atoms with Crippen LogP contribution in [-0.2, 0) is 4.74 Å². The van der Waals surface area contributed by atoms with Crippen LogP contribution in [0, 0.1) is 0 Å². The van der Waals surface area contributed by atoms with E-state index in [1.165, 1.54) is 0 Å². The Balaban J connectivity index is 2.74. The van der Waals surface area contributed by atoms with Crippen LogP contribution in [0.15, 0.2) is 18.2 Å². The van der Waals surface area contributed by atoms with E-state index >= 15 is 0 Å². The lowest BCUT2D eigenvalue weighted by Gasteiger charge is -2.18. The highest BCUT2D eigenvalue weighted by atomic mass is 16.5. The maximum atomic E-state index is 12.3. The molecule has 5 heteroatoms. The zero-order valence-corrected chi connectivity index (χ0v) is 14.8. The average molecular weight is 323 g/mol. The predicted molar refractivity (Wildman–Crippen MR) is 91.5 cm³/mol. The molecule has 130 valence electrons. The van der Waals surface area contributed by atoms with Gasteiger partial charge in [0.25, 0.3) is 0 Å². The predicted octanol–water partition coefficient (Wildman–Crippen LogP) is 3.37. The van der Waals surface area contributed by atoms with E-state index in [0.29, 0.717) is 30.3 Å². The van der Waals surface area contributed by atoms with E-state index in [1.807, 2.05) is 0 Å². The number of carbonyl (C=O) groups is 1. The number of rotatable bonds is 11. The molecule has 0 saturated carbocycles. The van der Waals surface area contributed by atoms with Gasteiger partial charge < -0.3 is 19.1 Å². The Hall–Kier alpha value is -1.75. The van der Waals surface area contributed by atoms with Gasteiger partial charge >= 0.3 is 5.97 Å². The molecule has 0 aliphatic rings. The Labute approximate surface area is 139 Å². The smallest absolute Gasteiger partial charge is 0.342 e. The second-order valence-corrected chi connectivity index (χ2v) is 5.20. The Kier molecular flexibility index (Phi) is 9.14. The molecular weight excluding hydrogens is 294 g/mol. The summed E-state index contributed by atoms with van der Waals surface area (Å²) >= 11 is 0. The summed E-state index contributed by atoms with van der Waals surface area (Å²) < 4.78 is 16.5. The number of likely N-dealkylation sites (N-methyl/N-ethyl adjacent to an activating group) is 1. The highest BCUT2D eigenvalue weighted by molar-refractivity contribution is 5.93. The number of hydrogen-bond donors (Lipinski definition) is 0. The van der Waals surface area contributed by atoms with Crippen molar-refractivity contribution in [3.63, 3.8) is 0 Å². The minimum absolute atomic E-state index is 0.367. The van der Waals surface area contributed by atoms with Gasteiger partial charge in [0, 0.05) is 6.54 Å². The summed E-state index contributed by atoms with van der Waals surface area (Å²) in [6.07, 6.45) is 1.95. The summed E-state index contributed by atoms with van der Waals surface area (Å²) in [5, 5.41) is 0. The van der Waals surface area contributed by atoms with E-state index in [1.54, 1.807) is 25.3 Å². The van der Waals surface area contributed by atoms with Crippen molar-refractivity contribution < 1.29 is 19.0 Å². The monoisotopic (exact) mass is 323 g/mol. The molecule has 0 N–H and O–H groups in total. The molecule has 0 saturated heterocycles. The first-order valence-corrected chi connectivity index (χ1v) is 8.37. The normalized spacial score (nSPS) is 10.7. The number of methoxy groups -OCH3 is 1. The Bertz CT molecular complexity index is 472. The van der Waals surface area contributed by atoms with Crippen LogP contribution in [0.25, 0.3) is 0 Å². The van der Waals surface area contributed by atoms with Gasteiger partial charge in [-0.05, 0) is 31.6 Å². The average Bonchev–Trinajstić information content (AvgIpc) is 2.58. The number of hydrogen-bond acceptors (Lipinski definition) is 5. The number of unbranched alkanes of at least 4 members (excludes halogenated alkanes) is 1. The molecule has 1 aromatic carbocycles. The van der Waals surface area contributed by atoms with Gasteiger partial charge in [-0.3, -0.25) is 0 Å². The number of para-hydroxylation sites is 1. The van der Waals surface area contributed by atoms with Crippen molar-refractivity contribution in [2.75, 3.05) is 40.0 Å². The number of esters is 1. The minimum Gasteiger partial charge on any atom is -0.493 e. The lowest BCUT2D eigenvalue weighted by atomic mass is 10.2. The minimum atomic E-state index is -0.373. The molecule has 0 amide bonds. The number of nitrogens with zero attached hydrogens (tertiary/aromatic N) is 1. The number of benzene rings is 1. The summed E-state index contributed by atoms with van der Waals surface area (Å²) in [7, 11) is 1.57. The molecule has 0 atom stereocenters. The van der Waals surface area contributed by atoms with Gasteiger partial charge in [0.2, 0.25) is 0 Å². The second-order valence-electron chi connectivity index (χ2n) is 5.20. The van der Waals surface area contributed by atoms with E-state index in [2.05, 4.69) is 25.7 Å². The van der Waals surface area contributed by atoms with Gasteiger partial charge in [0.15, 0.2) is 11.5 Å². The third kappa shape index (κ3) is 6.10. The zero-order chi connectivity index (χ0) is 17.1. The molecule has 0 unspecified atom stereocenters. The molecule has 0 fully saturated rings. The second kappa shape index (κ2) is 10.9. The van der Waals surface area contributed by atoms with Crippen molar-refractivity contribution in [1.82, 2.24) is 4.90 Å². The molecule has 23 heavy (non-hydrogen) atoms. The van der Waals surface area contributed by atoms with Gasteiger partial charge in [-0.1, -0.05) is 33.3 Å². The van der Waals surface area contributed by atoms with E-state index in [9.17, 15) is 4.79 Å². The first-order valence-electron chi connectivity index (χ1n) is 8.37. The van der Waals surface area contributed by atoms with Crippen LogP contribution in [-0.4, -0.2) is 50.8 Å². The Morgan fingerprint density at radius 2 is 1.87 bits per heavy atom. The molecule has 0 heterocycles. The zero-order valence-electron chi connectivity index (χ0n) is 14.8. The van der Waals surface area contributed by atoms with E-state index < -0.39 is 0 Å². The van der Waals surface area contributed by atoms with Crippen LogP contribution in [0.1, 0.15) is 44.0 Å². The molecule has 5 nitrogen and oxygen atoms in total. The van der Waals surface area contributed by atoms with E-state index in [-0.39, 0.29) is 5.97 Å². The van der Waals surface area contributed by atoms with Crippen molar-refractivity contribution in [1.29, 1.82) is 0 Å². The van der Waals surface area contributed by atoms with E-state index in [0.717, 1.165) is 32.5 Å². The SMILES string of the molecule is CCCCOc1c(OC)cccc1C(=O)OCCN(CC)CC. The summed E-state index contributed by atoms with van der Waals surface area (Å²) in [4.78, 5) is 14.6. The Morgan fingerprint density at radius 1 is 1.13 bits per heavy atom. The van der Waals surface area contributed by atoms with Crippen molar-refractivity contribution in [2.24, 2.45) is 0 Å². The van der Waals surface area contributed by atoms with E-state index in [4.69, 9.17) is 14.2 Å². The van der Waals surface area contributed by atoms with Gasteiger partial charge in [-0.2, -0.15) is 0 Å². The molecule has 0 aromatic heterocycles. The van der Waals surface area contributed by atoms with Crippen LogP contribution in [0.5, 0.6) is 11.5 Å². The van der Waals surface area contributed by atoms with Crippen molar-refractivity contribution in [3.05, 3.63) is 23.8 Å². The van der Waals surface area contributed by atoms with Crippen molar-refractivity contribution >= 4 is 5.97 Å². The fourth-order valence-electron chi connectivity index (χ4n) is 2.19. The van der Waals surface area contributed by atoms with Crippen LogP contribution in [0.3, 0.4) is 0 Å². The molecule has 0 radical (unpaired) electrons. The molecule has 1 aromatic rings. The third-order valence-corrected chi connectivity index (χ3v) is 3.70. The summed E-state index contributed by atoms with van der Waals surface area (Å²) in [5.74, 6) is 0.651. The van der Waals surface area contributed by atoms with Crippen LogP contribution < -0.4 is 9.47 Å². The maximum absolute atomic E-state index is 12.3. The first kappa shape index (κ1) is 19.3. The lowest BCUT2D eigenvalue weighted by molar-refractivity contribution is 0.0461. The molecule has 0 bridgehead atoms. The quantitative estimate of drug-likeness (QED) is 0.461. The Morgan fingerprint density at radius 3 is 2.48 bits per heavy atom. The van der Waals surface area contributed by atoms with Gasteiger partial charge in [0.05, 0.1) is 13.7 Å². The fraction of sp³-hybridized carbons (Fsp3) is 0.611. The molecule has 1 rings (SSSR count). The third-order valence-electron chi connectivity index (χ3n) is 3.70. The number of ether oxygens (including phenoxy) is 3. The van der Waals surface area contributed by atoms with Crippen LogP contribution in [0.2, 0.25) is 0 Å². The summed E-state index contributed by atoms with van der Waals surface area (Å²) in [5.41, 5.74) is 0.417. The molecular formula is C18H29NO4. The standard InChI is InChI=1S/C18H29NO4/c1-5-8-13-22-17-15(10-9-11-16(17)21-4)18(20)23-14-12-19(6-2)7-3/h9-11H,5-8,12-14H2,1-4H3. The fourth-order valence-corrected chi connectivity index (χ4v) is 2.19. The topological polar surface area (TPSA) is 48.0 Å². The lowest BCUT2D eigenvalue weighted by Crippen LogP contribution is -2.28. The largest absolute Gasteiger partial charge is 0.493 e. The van der Waals surface area contributed by atoms with Crippen LogP contribution >= 0.6 is 0 Å². The first-order chi connectivity index (χ1) is 11.2. The van der Waals surface area contributed by atoms with Crippen LogP contribution in [0.4, 0.5) is 0 Å².